The Morgan fingerprint density at radius 3 is 2.59 bits per heavy atom. The van der Waals surface area contributed by atoms with Crippen molar-refractivity contribution in [2.45, 2.75) is 37.1 Å². The molecule has 0 aromatic heterocycles. The molecule has 1 aliphatic carbocycles. The molecule has 0 bridgehead atoms. The van der Waals surface area contributed by atoms with Crippen LogP contribution in [-0.2, 0) is 10.0 Å². The summed E-state index contributed by atoms with van der Waals surface area (Å²) in [5, 5.41) is 2.79. The summed E-state index contributed by atoms with van der Waals surface area (Å²) in [4.78, 5) is 12.8. The number of amides is 1. The Bertz CT molecular complexity index is 1020. The summed E-state index contributed by atoms with van der Waals surface area (Å²) in [5.41, 5.74) is 0.812. The SMILES string of the molecule is C[C@@H](NS(=O)(=O)c1cccc(C(=O)Nc2ccc3c(c2)OCCCO3)c1)C1CC1. The number of carbonyl (C=O) groups excluding carboxylic acids is 1. The Hall–Kier alpha value is -2.58. The lowest BCUT2D eigenvalue weighted by atomic mass is 10.2. The smallest absolute Gasteiger partial charge is 0.255 e. The Labute approximate surface area is 170 Å². The van der Waals surface area contributed by atoms with Crippen molar-refractivity contribution in [2.24, 2.45) is 5.92 Å². The molecule has 29 heavy (non-hydrogen) atoms. The van der Waals surface area contributed by atoms with Gasteiger partial charge in [-0.2, -0.15) is 0 Å². The maximum absolute atomic E-state index is 12.7. The average molecular weight is 416 g/mol. The Morgan fingerprint density at radius 1 is 1.07 bits per heavy atom. The van der Waals surface area contributed by atoms with Crippen molar-refractivity contribution < 1.29 is 22.7 Å². The molecular formula is C21H24N2O5S. The standard InChI is InChI=1S/C21H24N2O5S/c1-14(15-6-7-15)23-29(25,26)18-5-2-4-16(12-18)21(24)22-17-8-9-19-20(13-17)28-11-3-10-27-19/h2,4-5,8-9,12-15,23H,3,6-7,10-11H2,1H3,(H,22,24)/t14-/m1/s1. The van der Waals surface area contributed by atoms with Gasteiger partial charge in [-0.25, -0.2) is 13.1 Å². The van der Waals surface area contributed by atoms with E-state index >= 15 is 0 Å². The molecule has 1 aliphatic heterocycles. The fraction of sp³-hybridized carbons (Fsp3) is 0.381. The normalized spacial score (nSPS) is 17.3. The summed E-state index contributed by atoms with van der Waals surface area (Å²) in [6, 6.07) is 11.1. The van der Waals surface area contributed by atoms with Crippen LogP contribution in [0.1, 0.15) is 36.5 Å². The number of hydrogen-bond acceptors (Lipinski definition) is 5. The van der Waals surface area contributed by atoms with Gasteiger partial charge in [0.15, 0.2) is 11.5 Å². The van der Waals surface area contributed by atoms with Gasteiger partial charge in [0.2, 0.25) is 10.0 Å². The first-order valence-corrected chi connectivity index (χ1v) is 11.2. The van der Waals surface area contributed by atoms with Crippen molar-refractivity contribution >= 4 is 21.6 Å². The van der Waals surface area contributed by atoms with Crippen LogP contribution in [0.3, 0.4) is 0 Å². The zero-order valence-corrected chi connectivity index (χ0v) is 17.0. The number of benzene rings is 2. The minimum absolute atomic E-state index is 0.0799. The van der Waals surface area contributed by atoms with Crippen molar-refractivity contribution in [2.75, 3.05) is 18.5 Å². The second-order valence-electron chi connectivity index (χ2n) is 7.44. The van der Waals surface area contributed by atoms with Crippen molar-refractivity contribution in [3.8, 4) is 11.5 Å². The number of ether oxygens (including phenoxy) is 2. The van der Waals surface area contributed by atoms with E-state index in [1.165, 1.54) is 12.1 Å². The Morgan fingerprint density at radius 2 is 1.83 bits per heavy atom. The fourth-order valence-corrected chi connectivity index (χ4v) is 4.61. The highest BCUT2D eigenvalue weighted by molar-refractivity contribution is 7.89. The van der Waals surface area contributed by atoms with Crippen LogP contribution in [0.2, 0.25) is 0 Å². The van der Waals surface area contributed by atoms with Crippen LogP contribution in [0.15, 0.2) is 47.4 Å². The molecule has 1 fully saturated rings. The van der Waals surface area contributed by atoms with Gasteiger partial charge in [0.25, 0.3) is 5.91 Å². The van der Waals surface area contributed by atoms with Gasteiger partial charge in [-0.05, 0) is 56.0 Å². The van der Waals surface area contributed by atoms with Crippen LogP contribution in [0, 0.1) is 5.92 Å². The first kappa shape index (κ1) is 19.7. The number of carbonyl (C=O) groups is 1. The first-order valence-electron chi connectivity index (χ1n) is 9.76. The molecule has 2 aromatic carbocycles. The molecule has 2 N–H and O–H groups in total. The minimum atomic E-state index is -3.68. The number of rotatable bonds is 6. The molecule has 0 radical (unpaired) electrons. The summed E-state index contributed by atoms with van der Waals surface area (Å²) in [5.74, 6) is 1.22. The van der Waals surface area contributed by atoms with Crippen LogP contribution in [0.4, 0.5) is 5.69 Å². The monoisotopic (exact) mass is 416 g/mol. The fourth-order valence-electron chi connectivity index (χ4n) is 3.25. The average Bonchev–Trinajstić information content (AvgIpc) is 3.55. The van der Waals surface area contributed by atoms with E-state index in [0.717, 1.165) is 19.3 Å². The van der Waals surface area contributed by atoms with Gasteiger partial charge >= 0.3 is 0 Å². The highest BCUT2D eigenvalue weighted by Gasteiger charge is 2.31. The van der Waals surface area contributed by atoms with Gasteiger partial charge in [0.05, 0.1) is 18.1 Å². The topological polar surface area (TPSA) is 93.7 Å². The molecule has 8 heteroatoms. The molecule has 4 rings (SSSR count). The molecule has 1 atom stereocenters. The van der Waals surface area contributed by atoms with Crippen molar-refractivity contribution in [3.05, 3.63) is 48.0 Å². The predicted molar refractivity (Wildman–Crippen MR) is 109 cm³/mol. The van der Waals surface area contributed by atoms with Gasteiger partial charge in [0.1, 0.15) is 0 Å². The molecule has 154 valence electrons. The number of fused-ring (bicyclic) bond motifs is 1. The van der Waals surface area contributed by atoms with E-state index in [1.807, 2.05) is 6.92 Å². The lowest BCUT2D eigenvalue weighted by Gasteiger charge is -2.14. The zero-order chi connectivity index (χ0) is 20.4. The first-order chi connectivity index (χ1) is 13.9. The van der Waals surface area contributed by atoms with E-state index < -0.39 is 15.9 Å². The largest absolute Gasteiger partial charge is 0.490 e. The van der Waals surface area contributed by atoms with Crippen molar-refractivity contribution in [1.29, 1.82) is 0 Å². The van der Waals surface area contributed by atoms with Crippen LogP contribution in [0.5, 0.6) is 11.5 Å². The second-order valence-corrected chi connectivity index (χ2v) is 9.16. The Balaban J connectivity index is 1.49. The van der Waals surface area contributed by atoms with E-state index in [9.17, 15) is 13.2 Å². The summed E-state index contributed by atoms with van der Waals surface area (Å²) >= 11 is 0. The van der Waals surface area contributed by atoms with Gasteiger partial charge < -0.3 is 14.8 Å². The molecule has 7 nitrogen and oxygen atoms in total. The van der Waals surface area contributed by atoms with E-state index in [2.05, 4.69) is 10.0 Å². The maximum atomic E-state index is 12.7. The molecular weight excluding hydrogens is 392 g/mol. The van der Waals surface area contributed by atoms with Gasteiger partial charge in [-0.15, -0.1) is 0 Å². The molecule has 1 amide bonds. The highest BCUT2D eigenvalue weighted by atomic mass is 32.2. The quantitative estimate of drug-likeness (QED) is 0.754. The molecule has 2 aromatic rings. The zero-order valence-electron chi connectivity index (χ0n) is 16.2. The Kier molecular flexibility index (Phi) is 5.47. The third kappa shape index (κ3) is 4.71. The number of hydrogen-bond donors (Lipinski definition) is 2. The number of anilines is 1. The van der Waals surface area contributed by atoms with Crippen molar-refractivity contribution in [1.82, 2.24) is 4.72 Å². The van der Waals surface area contributed by atoms with Gasteiger partial charge in [-0.3, -0.25) is 4.79 Å². The molecule has 0 saturated heterocycles. The molecule has 2 aliphatic rings. The third-order valence-electron chi connectivity index (χ3n) is 5.08. The van der Waals surface area contributed by atoms with Crippen LogP contribution < -0.4 is 19.5 Å². The van der Waals surface area contributed by atoms with Crippen molar-refractivity contribution in [3.63, 3.8) is 0 Å². The third-order valence-corrected chi connectivity index (χ3v) is 6.64. The van der Waals surface area contributed by atoms with Crippen LogP contribution in [-0.4, -0.2) is 33.6 Å². The molecule has 1 heterocycles. The summed E-state index contributed by atoms with van der Waals surface area (Å²) in [6.07, 6.45) is 2.88. The van der Waals surface area contributed by atoms with E-state index in [1.54, 1.807) is 30.3 Å². The van der Waals surface area contributed by atoms with Crippen LogP contribution in [0.25, 0.3) is 0 Å². The minimum Gasteiger partial charge on any atom is -0.490 e. The lowest BCUT2D eigenvalue weighted by Crippen LogP contribution is -2.34. The maximum Gasteiger partial charge on any atom is 0.255 e. The van der Waals surface area contributed by atoms with E-state index in [-0.39, 0.29) is 16.5 Å². The number of nitrogens with one attached hydrogen (secondary N) is 2. The molecule has 0 spiro atoms. The summed E-state index contributed by atoms with van der Waals surface area (Å²) in [7, 11) is -3.68. The van der Waals surface area contributed by atoms with Gasteiger partial charge in [-0.1, -0.05) is 6.07 Å². The number of sulfonamides is 1. The van der Waals surface area contributed by atoms with Gasteiger partial charge in [0, 0.05) is 29.8 Å². The lowest BCUT2D eigenvalue weighted by molar-refractivity contribution is 0.102. The second kappa shape index (κ2) is 8.04. The highest BCUT2D eigenvalue weighted by Crippen LogP contribution is 2.33. The molecule has 0 unspecified atom stereocenters. The summed E-state index contributed by atoms with van der Waals surface area (Å²) in [6.45, 7) is 3.01. The predicted octanol–water partition coefficient (Wildman–Crippen LogP) is 3.18. The van der Waals surface area contributed by atoms with Crippen LogP contribution >= 0.6 is 0 Å². The summed E-state index contributed by atoms with van der Waals surface area (Å²) < 4.78 is 39.2. The van der Waals surface area contributed by atoms with E-state index in [4.69, 9.17) is 9.47 Å². The van der Waals surface area contributed by atoms with E-state index in [0.29, 0.717) is 36.3 Å². The molecule has 1 saturated carbocycles.